The Hall–Kier alpha value is -2.87. The smallest absolute Gasteiger partial charge is 0.267 e. The maximum Gasteiger partial charge on any atom is 0.267 e. The van der Waals surface area contributed by atoms with E-state index >= 15 is 0 Å². The third kappa shape index (κ3) is 4.12. The largest absolute Gasteiger partial charge is 0.496 e. The van der Waals surface area contributed by atoms with E-state index in [-0.39, 0.29) is 17.7 Å². The molecule has 2 amide bonds. The number of likely N-dealkylation sites (N-methyl/N-ethyl adjacent to an activating group) is 1. The van der Waals surface area contributed by atoms with E-state index in [4.69, 9.17) is 4.74 Å². The van der Waals surface area contributed by atoms with Gasteiger partial charge in [-0.1, -0.05) is 30.3 Å². The van der Waals surface area contributed by atoms with Gasteiger partial charge in [-0.25, -0.2) is 12.7 Å². The van der Waals surface area contributed by atoms with Crippen molar-refractivity contribution < 1.29 is 22.7 Å². The summed E-state index contributed by atoms with van der Waals surface area (Å²) in [6.45, 7) is 2.06. The van der Waals surface area contributed by atoms with Gasteiger partial charge in [-0.05, 0) is 42.7 Å². The predicted molar refractivity (Wildman–Crippen MR) is 108 cm³/mol. The van der Waals surface area contributed by atoms with Gasteiger partial charge < -0.3 is 9.64 Å². The summed E-state index contributed by atoms with van der Waals surface area (Å²) in [6, 6.07) is 12.7. The minimum Gasteiger partial charge on any atom is -0.496 e. The third-order valence-electron chi connectivity index (χ3n) is 5.01. The number of aryl methyl sites for hydroxylation is 1. The predicted octanol–water partition coefficient (Wildman–Crippen LogP) is 2.34. The Labute approximate surface area is 170 Å². The lowest BCUT2D eigenvalue weighted by Crippen LogP contribution is -2.47. The lowest BCUT2D eigenvalue weighted by Gasteiger charge is -2.28. The van der Waals surface area contributed by atoms with Gasteiger partial charge in [0.1, 0.15) is 11.8 Å². The molecule has 1 atom stereocenters. The Morgan fingerprint density at radius 3 is 2.52 bits per heavy atom. The van der Waals surface area contributed by atoms with Crippen molar-refractivity contribution in [2.24, 2.45) is 0 Å². The molecular formula is C21H24N2O5S. The summed E-state index contributed by atoms with van der Waals surface area (Å²) in [4.78, 5) is 26.9. The number of rotatable bonds is 6. The first-order chi connectivity index (χ1) is 13.8. The Morgan fingerprint density at radius 2 is 1.90 bits per heavy atom. The van der Waals surface area contributed by atoms with Crippen LogP contribution in [0.15, 0.2) is 53.4 Å². The van der Waals surface area contributed by atoms with Crippen molar-refractivity contribution in [3.63, 3.8) is 0 Å². The highest BCUT2D eigenvalue weighted by atomic mass is 32.2. The van der Waals surface area contributed by atoms with Gasteiger partial charge in [0.25, 0.3) is 10.0 Å². The number of carbonyl (C=O) groups excluding carboxylic acids is 2. The molecule has 0 N–H and O–H groups in total. The van der Waals surface area contributed by atoms with Crippen LogP contribution in [0, 0.1) is 6.92 Å². The number of amides is 2. The van der Waals surface area contributed by atoms with Crippen LogP contribution in [0.4, 0.5) is 0 Å². The number of carbonyl (C=O) groups is 2. The normalized spacial score (nSPS) is 16.7. The lowest BCUT2D eigenvalue weighted by atomic mass is 10.1. The summed E-state index contributed by atoms with van der Waals surface area (Å²) < 4.78 is 32.3. The second kappa shape index (κ2) is 8.24. The molecule has 1 heterocycles. The van der Waals surface area contributed by atoms with Gasteiger partial charge in [-0.15, -0.1) is 0 Å². The number of hydrogen-bond donors (Lipinski definition) is 0. The molecule has 1 fully saturated rings. The number of nitrogens with zero attached hydrogens (tertiary/aromatic N) is 2. The van der Waals surface area contributed by atoms with Crippen molar-refractivity contribution in [2.45, 2.75) is 37.2 Å². The molecule has 2 aromatic rings. The Balaban J connectivity index is 1.87. The lowest BCUT2D eigenvalue weighted by molar-refractivity contribution is -0.137. The second-order valence-electron chi connectivity index (χ2n) is 7.06. The summed E-state index contributed by atoms with van der Waals surface area (Å²) >= 11 is 0. The van der Waals surface area contributed by atoms with E-state index in [1.165, 1.54) is 24.1 Å². The van der Waals surface area contributed by atoms with Crippen LogP contribution in [-0.2, 0) is 26.2 Å². The molecule has 1 aliphatic rings. The standard InChI is InChI=1S/C21H24N2O5S/c1-15-13-17(9-11-19(15)28-3)29(26,27)23-18(10-12-20(23)24)21(25)22(2)14-16-7-5-4-6-8-16/h4-9,11,13,18H,10,12,14H2,1-3H3/t18-/m1/s1. The number of benzene rings is 2. The van der Waals surface area contributed by atoms with Crippen LogP contribution in [0.2, 0.25) is 0 Å². The van der Waals surface area contributed by atoms with Crippen LogP contribution in [0.5, 0.6) is 5.75 Å². The Morgan fingerprint density at radius 1 is 1.21 bits per heavy atom. The molecule has 0 unspecified atom stereocenters. The maximum absolute atomic E-state index is 13.2. The van der Waals surface area contributed by atoms with Crippen molar-refractivity contribution in [3.8, 4) is 5.75 Å². The van der Waals surface area contributed by atoms with Crippen LogP contribution in [0.3, 0.4) is 0 Å². The summed E-state index contributed by atoms with van der Waals surface area (Å²) in [5.41, 5.74) is 1.55. The number of ether oxygens (including phenoxy) is 1. The Kier molecular flexibility index (Phi) is 5.93. The van der Waals surface area contributed by atoms with Crippen molar-refractivity contribution in [1.82, 2.24) is 9.21 Å². The topological polar surface area (TPSA) is 84.0 Å². The molecule has 0 spiro atoms. The van der Waals surface area contributed by atoms with Crippen LogP contribution in [0.25, 0.3) is 0 Å². The molecule has 0 radical (unpaired) electrons. The molecular weight excluding hydrogens is 392 g/mol. The van der Waals surface area contributed by atoms with Crippen molar-refractivity contribution in [2.75, 3.05) is 14.2 Å². The Bertz CT molecular complexity index is 1020. The van der Waals surface area contributed by atoms with E-state index in [0.29, 0.717) is 17.9 Å². The van der Waals surface area contributed by atoms with Gasteiger partial charge >= 0.3 is 0 Å². The first-order valence-corrected chi connectivity index (χ1v) is 10.7. The van der Waals surface area contributed by atoms with Gasteiger partial charge in [-0.2, -0.15) is 0 Å². The second-order valence-corrected chi connectivity index (χ2v) is 8.88. The first-order valence-electron chi connectivity index (χ1n) is 9.26. The van der Waals surface area contributed by atoms with Crippen LogP contribution < -0.4 is 4.74 Å². The van der Waals surface area contributed by atoms with Gasteiger partial charge in [0.2, 0.25) is 11.8 Å². The number of sulfonamides is 1. The fraction of sp³-hybridized carbons (Fsp3) is 0.333. The number of hydrogen-bond acceptors (Lipinski definition) is 5. The zero-order valence-electron chi connectivity index (χ0n) is 16.7. The van der Waals surface area contributed by atoms with Gasteiger partial charge in [0, 0.05) is 20.0 Å². The molecule has 0 bridgehead atoms. The summed E-state index contributed by atoms with van der Waals surface area (Å²) in [7, 11) is -1.05. The molecule has 0 saturated carbocycles. The van der Waals surface area contributed by atoms with E-state index in [9.17, 15) is 18.0 Å². The van der Waals surface area contributed by atoms with E-state index < -0.39 is 27.9 Å². The molecule has 0 aromatic heterocycles. The van der Waals surface area contributed by atoms with Gasteiger partial charge in [-0.3, -0.25) is 9.59 Å². The zero-order chi connectivity index (χ0) is 21.2. The molecule has 7 nitrogen and oxygen atoms in total. The maximum atomic E-state index is 13.2. The minimum atomic E-state index is -4.16. The molecule has 1 aliphatic heterocycles. The van der Waals surface area contributed by atoms with E-state index in [0.717, 1.165) is 9.87 Å². The average Bonchev–Trinajstić information content (AvgIpc) is 3.10. The van der Waals surface area contributed by atoms with Crippen molar-refractivity contribution >= 4 is 21.8 Å². The quantitative estimate of drug-likeness (QED) is 0.722. The minimum absolute atomic E-state index is 0.0178. The van der Waals surface area contributed by atoms with Crippen LogP contribution in [0.1, 0.15) is 24.0 Å². The first kappa shape index (κ1) is 20.9. The van der Waals surface area contributed by atoms with Crippen molar-refractivity contribution in [1.29, 1.82) is 0 Å². The molecule has 154 valence electrons. The highest BCUT2D eigenvalue weighted by Gasteiger charge is 2.45. The van der Waals surface area contributed by atoms with Crippen molar-refractivity contribution in [3.05, 3.63) is 59.7 Å². The fourth-order valence-corrected chi connectivity index (χ4v) is 5.18. The molecule has 0 aliphatic carbocycles. The van der Waals surface area contributed by atoms with Crippen LogP contribution >= 0.6 is 0 Å². The van der Waals surface area contributed by atoms with E-state index in [1.807, 2.05) is 30.3 Å². The highest BCUT2D eigenvalue weighted by Crippen LogP contribution is 2.30. The monoisotopic (exact) mass is 416 g/mol. The average molecular weight is 416 g/mol. The SMILES string of the molecule is COc1ccc(S(=O)(=O)N2C(=O)CC[C@@H]2C(=O)N(C)Cc2ccccc2)cc1C. The number of methoxy groups -OCH3 is 1. The molecule has 29 heavy (non-hydrogen) atoms. The fourth-order valence-electron chi connectivity index (χ4n) is 3.50. The molecule has 8 heteroatoms. The summed E-state index contributed by atoms with van der Waals surface area (Å²) in [5, 5.41) is 0. The molecule has 1 saturated heterocycles. The summed E-state index contributed by atoms with van der Waals surface area (Å²) in [6.07, 6.45) is 0.190. The molecule has 3 rings (SSSR count). The highest BCUT2D eigenvalue weighted by molar-refractivity contribution is 7.89. The zero-order valence-corrected chi connectivity index (χ0v) is 17.5. The third-order valence-corrected chi connectivity index (χ3v) is 6.83. The molecule has 2 aromatic carbocycles. The van der Waals surface area contributed by atoms with Gasteiger partial charge in [0.05, 0.1) is 12.0 Å². The van der Waals surface area contributed by atoms with E-state index in [2.05, 4.69) is 0 Å². The van der Waals surface area contributed by atoms with E-state index in [1.54, 1.807) is 20.0 Å². The summed E-state index contributed by atoms with van der Waals surface area (Å²) in [5.74, 6) is -0.412. The van der Waals surface area contributed by atoms with Gasteiger partial charge in [0.15, 0.2) is 0 Å². The van der Waals surface area contributed by atoms with Crippen LogP contribution in [-0.4, -0.2) is 49.6 Å².